The van der Waals surface area contributed by atoms with Gasteiger partial charge in [0, 0.05) is 6.42 Å². The summed E-state index contributed by atoms with van der Waals surface area (Å²) in [7, 11) is -3.22. The minimum absolute atomic E-state index is 0.0440. The van der Waals surface area contributed by atoms with Crippen LogP contribution in [0.25, 0.3) is 0 Å². The van der Waals surface area contributed by atoms with Crippen molar-refractivity contribution >= 4 is 21.7 Å². The zero-order chi connectivity index (χ0) is 16.8. The summed E-state index contributed by atoms with van der Waals surface area (Å²) < 4.78 is 23.4. The summed E-state index contributed by atoms with van der Waals surface area (Å²) in [5, 5.41) is 11.3. The van der Waals surface area contributed by atoms with Gasteiger partial charge >= 0.3 is 5.97 Å². The van der Waals surface area contributed by atoms with Crippen LogP contribution < -0.4 is 5.32 Å². The van der Waals surface area contributed by atoms with Crippen molar-refractivity contribution in [3.8, 4) is 0 Å². The maximum Gasteiger partial charge on any atom is 0.326 e. The fourth-order valence-electron chi connectivity index (χ4n) is 1.89. The summed E-state index contributed by atoms with van der Waals surface area (Å²) in [6.45, 7) is 3.27. The Bertz CT molecular complexity index is 622. The minimum atomic E-state index is -3.22. The first kappa shape index (κ1) is 18.2. The predicted octanol–water partition coefficient (Wildman–Crippen LogP) is 1.39. The number of sulfone groups is 1. The van der Waals surface area contributed by atoms with E-state index in [9.17, 15) is 18.0 Å². The van der Waals surface area contributed by atoms with E-state index in [-0.39, 0.29) is 23.0 Å². The van der Waals surface area contributed by atoms with Crippen LogP contribution in [0, 0.1) is 0 Å². The molecule has 1 rings (SSSR count). The number of carboxylic acid groups (broad SMARTS) is 1. The molecule has 0 aliphatic rings. The molecule has 0 bridgehead atoms. The van der Waals surface area contributed by atoms with E-state index in [0.717, 1.165) is 5.56 Å². The minimum Gasteiger partial charge on any atom is -0.480 e. The molecule has 0 spiro atoms. The highest BCUT2D eigenvalue weighted by Gasteiger charge is 2.17. The highest BCUT2D eigenvalue weighted by atomic mass is 32.2. The fraction of sp³-hybridized carbons (Fsp3) is 0.467. The van der Waals surface area contributed by atoms with Gasteiger partial charge in [0.25, 0.3) is 0 Å². The summed E-state index contributed by atoms with van der Waals surface area (Å²) in [6.07, 6.45) is 0.905. The molecule has 6 nitrogen and oxygen atoms in total. The van der Waals surface area contributed by atoms with E-state index in [4.69, 9.17) is 5.11 Å². The first-order valence-electron chi connectivity index (χ1n) is 7.14. The molecule has 122 valence electrons. The third-order valence-corrected chi connectivity index (χ3v) is 5.10. The van der Waals surface area contributed by atoms with Gasteiger partial charge in [0.1, 0.15) is 6.04 Å². The van der Waals surface area contributed by atoms with Gasteiger partial charge in [0.2, 0.25) is 5.91 Å². The molecule has 7 heteroatoms. The first-order chi connectivity index (χ1) is 10.3. The smallest absolute Gasteiger partial charge is 0.326 e. The summed E-state index contributed by atoms with van der Waals surface area (Å²) in [5.41, 5.74) is 0.827. The number of aliphatic carboxylic acids is 1. The van der Waals surface area contributed by atoms with Crippen molar-refractivity contribution in [1.29, 1.82) is 0 Å². The normalized spacial score (nSPS) is 12.6. The van der Waals surface area contributed by atoms with E-state index in [1.807, 2.05) is 0 Å². The summed E-state index contributed by atoms with van der Waals surface area (Å²) in [6, 6.07) is 5.52. The molecular weight excluding hydrogens is 306 g/mol. The summed E-state index contributed by atoms with van der Waals surface area (Å²) in [5.74, 6) is -1.34. The molecule has 1 aromatic rings. The number of aryl methyl sites for hydroxylation is 1. The van der Waals surface area contributed by atoms with E-state index >= 15 is 0 Å². The van der Waals surface area contributed by atoms with Gasteiger partial charge in [-0.25, -0.2) is 13.2 Å². The molecule has 0 saturated carbocycles. The first-order valence-corrected chi connectivity index (χ1v) is 8.79. The van der Waals surface area contributed by atoms with E-state index < -0.39 is 21.8 Å². The topological polar surface area (TPSA) is 101 Å². The Labute approximate surface area is 130 Å². The Morgan fingerprint density at radius 2 is 1.77 bits per heavy atom. The van der Waals surface area contributed by atoms with Crippen molar-refractivity contribution in [2.24, 2.45) is 0 Å². The largest absolute Gasteiger partial charge is 0.480 e. The molecular formula is C15H21NO5S. The average Bonchev–Trinajstić information content (AvgIpc) is 2.50. The second-order valence-corrected chi connectivity index (χ2v) is 7.19. The van der Waals surface area contributed by atoms with E-state index in [1.165, 1.54) is 12.1 Å². The van der Waals surface area contributed by atoms with Crippen LogP contribution in [0.5, 0.6) is 0 Å². The average molecular weight is 327 g/mol. The highest BCUT2D eigenvalue weighted by Crippen LogP contribution is 2.13. The molecule has 0 fully saturated rings. The molecule has 0 aliphatic heterocycles. The van der Waals surface area contributed by atoms with Gasteiger partial charge in [-0.15, -0.1) is 0 Å². The van der Waals surface area contributed by atoms with Crippen molar-refractivity contribution in [1.82, 2.24) is 5.32 Å². The van der Waals surface area contributed by atoms with Crippen molar-refractivity contribution in [3.63, 3.8) is 0 Å². The molecule has 2 N–H and O–H groups in total. The number of amides is 1. The van der Waals surface area contributed by atoms with E-state index in [0.29, 0.717) is 12.8 Å². The second kappa shape index (κ2) is 7.93. The maximum absolute atomic E-state index is 11.7. The summed E-state index contributed by atoms with van der Waals surface area (Å²) in [4.78, 5) is 22.8. The van der Waals surface area contributed by atoms with Crippen molar-refractivity contribution in [2.45, 2.75) is 44.0 Å². The van der Waals surface area contributed by atoms with Crippen LogP contribution in [0.15, 0.2) is 29.2 Å². The molecule has 0 heterocycles. The monoisotopic (exact) mass is 327 g/mol. The fourth-order valence-corrected chi connectivity index (χ4v) is 2.78. The van der Waals surface area contributed by atoms with Gasteiger partial charge < -0.3 is 10.4 Å². The SMILES string of the molecule is CCC(NC(=O)CCc1ccc(S(=O)(=O)CC)cc1)C(=O)O. The number of carbonyl (C=O) groups excluding carboxylic acids is 1. The molecule has 1 amide bonds. The number of carboxylic acids is 1. The molecule has 1 atom stereocenters. The van der Waals surface area contributed by atoms with Gasteiger partial charge in [-0.2, -0.15) is 0 Å². The zero-order valence-electron chi connectivity index (χ0n) is 12.7. The second-order valence-electron chi connectivity index (χ2n) is 4.91. The Morgan fingerprint density at radius 3 is 2.23 bits per heavy atom. The Balaban J connectivity index is 2.58. The number of rotatable bonds is 8. The van der Waals surface area contributed by atoms with E-state index in [1.54, 1.807) is 26.0 Å². The molecule has 1 unspecified atom stereocenters. The number of hydrogen-bond acceptors (Lipinski definition) is 4. The predicted molar refractivity (Wildman–Crippen MR) is 82.3 cm³/mol. The summed E-state index contributed by atoms with van der Waals surface area (Å²) >= 11 is 0. The third-order valence-electron chi connectivity index (χ3n) is 3.34. The van der Waals surface area contributed by atoms with Crippen molar-refractivity contribution in [3.05, 3.63) is 29.8 Å². The third kappa shape index (κ3) is 5.14. The van der Waals surface area contributed by atoms with Gasteiger partial charge in [-0.3, -0.25) is 4.79 Å². The van der Waals surface area contributed by atoms with Crippen LogP contribution >= 0.6 is 0 Å². The van der Waals surface area contributed by atoms with Crippen LogP contribution in [0.4, 0.5) is 0 Å². The lowest BCUT2D eigenvalue weighted by Gasteiger charge is -2.12. The lowest BCUT2D eigenvalue weighted by molar-refractivity contribution is -0.141. The van der Waals surface area contributed by atoms with Crippen LogP contribution in [0.3, 0.4) is 0 Å². The molecule has 0 aliphatic carbocycles. The van der Waals surface area contributed by atoms with E-state index in [2.05, 4.69) is 5.32 Å². The number of hydrogen-bond donors (Lipinski definition) is 2. The molecule has 0 radical (unpaired) electrons. The lowest BCUT2D eigenvalue weighted by atomic mass is 10.1. The number of benzene rings is 1. The highest BCUT2D eigenvalue weighted by molar-refractivity contribution is 7.91. The van der Waals surface area contributed by atoms with Gasteiger partial charge in [-0.1, -0.05) is 26.0 Å². The molecule has 22 heavy (non-hydrogen) atoms. The maximum atomic E-state index is 11.7. The number of carbonyl (C=O) groups is 2. The van der Waals surface area contributed by atoms with Gasteiger partial charge in [0.15, 0.2) is 9.84 Å². The standard InChI is InChI=1S/C15H21NO5S/c1-3-13(15(18)19)16-14(17)10-7-11-5-8-12(9-6-11)22(20,21)4-2/h5-6,8-9,13H,3-4,7,10H2,1-2H3,(H,16,17)(H,18,19). The molecule has 1 aromatic carbocycles. The number of nitrogens with one attached hydrogen (secondary N) is 1. The molecule has 0 aromatic heterocycles. The zero-order valence-corrected chi connectivity index (χ0v) is 13.5. The van der Waals surface area contributed by atoms with Crippen LogP contribution in [0.2, 0.25) is 0 Å². The van der Waals surface area contributed by atoms with Gasteiger partial charge in [0.05, 0.1) is 10.6 Å². The lowest BCUT2D eigenvalue weighted by Crippen LogP contribution is -2.40. The Morgan fingerprint density at radius 1 is 1.18 bits per heavy atom. The van der Waals surface area contributed by atoms with Crippen LogP contribution in [-0.2, 0) is 25.8 Å². The van der Waals surface area contributed by atoms with Crippen molar-refractivity contribution < 1.29 is 23.1 Å². The quantitative estimate of drug-likeness (QED) is 0.751. The van der Waals surface area contributed by atoms with Crippen LogP contribution in [0.1, 0.15) is 32.3 Å². The van der Waals surface area contributed by atoms with Gasteiger partial charge in [-0.05, 0) is 30.5 Å². The Hall–Kier alpha value is -1.89. The Kier molecular flexibility index (Phi) is 6.55. The van der Waals surface area contributed by atoms with Crippen LogP contribution in [-0.4, -0.2) is 37.2 Å². The van der Waals surface area contributed by atoms with Crippen molar-refractivity contribution in [2.75, 3.05) is 5.75 Å². The molecule has 0 saturated heterocycles.